The van der Waals surface area contributed by atoms with Gasteiger partial charge in [0.1, 0.15) is 11.4 Å². The zero-order valence-corrected chi connectivity index (χ0v) is 14.1. The Bertz CT molecular complexity index is 481. The molecule has 0 bridgehead atoms. The molecule has 130 valence electrons. The third kappa shape index (κ3) is 4.43. The van der Waals surface area contributed by atoms with Gasteiger partial charge in [0.15, 0.2) is 0 Å². The quantitative estimate of drug-likeness (QED) is 0.801. The predicted molar refractivity (Wildman–Crippen MR) is 82.7 cm³/mol. The average molecular weight is 326 g/mol. The van der Waals surface area contributed by atoms with Gasteiger partial charge < -0.3 is 20.1 Å². The second-order valence-corrected chi connectivity index (χ2v) is 7.54. The van der Waals surface area contributed by atoms with Crippen LogP contribution in [0.4, 0.5) is 4.79 Å². The van der Waals surface area contributed by atoms with Crippen molar-refractivity contribution in [3.05, 3.63) is 0 Å². The van der Waals surface area contributed by atoms with Crippen LogP contribution in [-0.2, 0) is 14.3 Å². The van der Waals surface area contributed by atoms with E-state index in [0.717, 1.165) is 0 Å². The lowest BCUT2D eigenvalue weighted by Crippen LogP contribution is -2.60. The summed E-state index contributed by atoms with van der Waals surface area (Å²) in [5.74, 6) is -0.345. The van der Waals surface area contributed by atoms with Crippen LogP contribution in [0.3, 0.4) is 0 Å². The van der Waals surface area contributed by atoms with Gasteiger partial charge in [0.2, 0.25) is 5.91 Å². The summed E-state index contributed by atoms with van der Waals surface area (Å²) in [6, 6.07) is 0. The van der Waals surface area contributed by atoms with Gasteiger partial charge in [-0.25, -0.2) is 4.79 Å². The van der Waals surface area contributed by atoms with Gasteiger partial charge in [0, 0.05) is 25.9 Å². The van der Waals surface area contributed by atoms with Gasteiger partial charge in [-0.15, -0.1) is 0 Å². The van der Waals surface area contributed by atoms with E-state index in [1.54, 1.807) is 4.90 Å². The summed E-state index contributed by atoms with van der Waals surface area (Å²) < 4.78 is 5.34. The van der Waals surface area contributed by atoms with Crippen molar-refractivity contribution in [3.8, 4) is 0 Å². The zero-order valence-electron chi connectivity index (χ0n) is 14.1. The third-order valence-corrected chi connectivity index (χ3v) is 4.38. The second-order valence-electron chi connectivity index (χ2n) is 7.54. The lowest BCUT2D eigenvalue weighted by molar-refractivity contribution is -0.140. The second kappa shape index (κ2) is 6.47. The molecule has 0 radical (unpaired) electrons. The van der Waals surface area contributed by atoms with E-state index in [1.807, 2.05) is 20.8 Å². The molecule has 2 aliphatic rings. The minimum atomic E-state index is -0.714. The largest absolute Gasteiger partial charge is 0.444 e. The molecule has 23 heavy (non-hydrogen) atoms. The summed E-state index contributed by atoms with van der Waals surface area (Å²) in [4.78, 5) is 36.8. The van der Waals surface area contributed by atoms with Crippen LogP contribution in [0, 0.1) is 5.92 Å². The van der Waals surface area contributed by atoms with Crippen molar-refractivity contribution in [1.29, 1.82) is 0 Å². The molecule has 0 spiro atoms. The number of piperidine rings is 1. The fraction of sp³-hybridized carbons (Fsp3) is 0.812. The number of aliphatic hydroxyl groups excluding tert-OH is 1. The van der Waals surface area contributed by atoms with Crippen LogP contribution in [0.15, 0.2) is 0 Å². The number of ketones is 1. The van der Waals surface area contributed by atoms with Crippen LogP contribution in [0.25, 0.3) is 0 Å². The van der Waals surface area contributed by atoms with E-state index in [-0.39, 0.29) is 43.2 Å². The Morgan fingerprint density at radius 2 is 1.87 bits per heavy atom. The molecule has 2 rings (SSSR count). The maximum atomic E-state index is 12.1. The van der Waals surface area contributed by atoms with Gasteiger partial charge in [-0.3, -0.25) is 9.59 Å². The molecule has 1 saturated heterocycles. The van der Waals surface area contributed by atoms with Crippen molar-refractivity contribution in [2.45, 2.75) is 57.6 Å². The van der Waals surface area contributed by atoms with Crippen LogP contribution >= 0.6 is 0 Å². The number of carbonyl (C=O) groups excluding carboxylic acids is 3. The Hall–Kier alpha value is -1.63. The number of nitrogens with one attached hydrogen (secondary N) is 1. The van der Waals surface area contributed by atoms with Gasteiger partial charge in [0.25, 0.3) is 0 Å². The lowest BCUT2D eigenvalue weighted by Gasteiger charge is -2.42. The van der Waals surface area contributed by atoms with E-state index < -0.39 is 11.1 Å². The molecule has 1 saturated carbocycles. The highest BCUT2D eigenvalue weighted by molar-refractivity contribution is 5.96. The summed E-state index contributed by atoms with van der Waals surface area (Å²) in [5.41, 5.74) is -1.26. The highest BCUT2D eigenvalue weighted by Gasteiger charge is 2.41. The Kier molecular flexibility index (Phi) is 4.98. The van der Waals surface area contributed by atoms with E-state index in [9.17, 15) is 19.5 Å². The minimum Gasteiger partial charge on any atom is -0.444 e. The molecular weight excluding hydrogens is 300 g/mol. The van der Waals surface area contributed by atoms with Crippen LogP contribution in [0.1, 0.15) is 46.5 Å². The number of amides is 2. The maximum absolute atomic E-state index is 12.1. The number of Topliss-reactive ketones (excluding diaryl/α,β-unsaturated/α-hetero) is 1. The normalized spacial score (nSPS) is 21.6. The molecule has 7 nitrogen and oxygen atoms in total. The number of ether oxygens (including phenoxy) is 1. The van der Waals surface area contributed by atoms with E-state index in [0.29, 0.717) is 25.9 Å². The molecule has 0 aromatic rings. The Labute approximate surface area is 136 Å². The number of rotatable bonds is 3. The first-order valence-electron chi connectivity index (χ1n) is 8.07. The maximum Gasteiger partial charge on any atom is 0.410 e. The first-order valence-corrected chi connectivity index (χ1v) is 8.07. The van der Waals surface area contributed by atoms with Crippen molar-refractivity contribution in [1.82, 2.24) is 10.2 Å². The van der Waals surface area contributed by atoms with Gasteiger partial charge >= 0.3 is 6.09 Å². The third-order valence-electron chi connectivity index (χ3n) is 4.38. The van der Waals surface area contributed by atoms with E-state index in [4.69, 9.17) is 4.74 Å². The molecular formula is C16H26N2O5. The fourth-order valence-electron chi connectivity index (χ4n) is 2.81. The standard InChI is InChI=1S/C16H26N2O5/c1-15(2,3)23-14(22)18-6-4-16(10-19,5-7-18)17-13(21)11-8-12(20)9-11/h11,19H,4-10H2,1-3H3,(H,17,21). The highest BCUT2D eigenvalue weighted by atomic mass is 16.6. The van der Waals surface area contributed by atoms with Gasteiger partial charge in [0.05, 0.1) is 18.1 Å². The Morgan fingerprint density at radius 1 is 1.30 bits per heavy atom. The van der Waals surface area contributed by atoms with Crippen LogP contribution in [0.5, 0.6) is 0 Å². The van der Waals surface area contributed by atoms with Gasteiger partial charge in [-0.2, -0.15) is 0 Å². The van der Waals surface area contributed by atoms with Crippen molar-refractivity contribution in [2.75, 3.05) is 19.7 Å². The van der Waals surface area contributed by atoms with Crippen molar-refractivity contribution in [2.24, 2.45) is 5.92 Å². The fourth-order valence-corrected chi connectivity index (χ4v) is 2.81. The van der Waals surface area contributed by atoms with E-state index in [2.05, 4.69) is 5.32 Å². The SMILES string of the molecule is CC(C)(C)OC(=O)N1CCC(CO)(NC(=O)C2CC(=O)C2)CC1. The zero-order chi connectivity index (χ0) is 17.3. The number of carbonyl (C=O) groups is 3. The van der Waals surface area contributed by atoms with Crippen molar-refractivity contribution in [3.63, 3.8) is 0 Å². The van der Waals surface area contributed by atoms with E-state index >= 15 is 0 Å². The molecule has 0 aromatic heterocycles. The molecule has 2 N–H and O–H groups in total. The molecule has 1 aliphatic heterocycles. The van der Waals surface area contributed by atoms with Crippen molar-refractivity contribution < 1.29 is 24.2 Å². The first kappa shape index (κ1) is 17.7. The molecule has 0 atom stereocenters. The molecule has 2 amide bonds. The van der Waals surface area contributed by atoms with Crippen LogP contribution in [-0.4, -0.2) is 58.6 Å². The summed E-state index contributed by atoms with van der Waals surface area (Å²) >= 11 is 0. The number of nitrogens with zero attached hydrogens (tertiary/aromatic N) is 1. The summed E-state index contributed by atoms with van der Waals surface area (Å²) in [7, 11) is 0. The summed E-state index contributed by atoms with van der Waals surface area (Å²) in [6.07, 6.45) is 1.14. The van der Waals surface area contributed by atoms with E-state index in [1.165, 1.54) is 0 Å². The van der Waals surface area contributed by atoms with Gasteiger partial charge in [-0.05, 0) is 33.6 Å². The number of likely N-dealkylation sites (tertiary alicyclic amines) is 1. The molecule has 0 unspecified atom stereocenters. The molecule has 7 heteroatoms. The number of hydrogen-bond acceptors (Lipinski definition) is 5. The monoisotopic (exact) mass is 326 g/mol. The van der Waals surface area contributed by atoms with Crippen LogP contribution < -0.4 is 5.32 Å². The summed E-state index contributed by atoms with van der Waals surface area (Å²) in [6.45, 7) is 6.09. The molecule has 1 aliphatic carbocycles. The van der Waals surface area contributed by atoms with Gasteiger partial charge in [-0.1, -0.05) is 0 Å². The predicted octanol–water partition coefficient (Wildman–Crippen LogP) is 0.844. The first-order chi connectivity index (χ1) is 10.6. The lowest BCUT2D eigenvalue weighted by atomic mass is 9.81. The smallest absolute Gasteiger partial charge is 0.410 e. The minimum absolute atomic E-state index is 0.0999. The Morgan fingerprint density at radius 3 is 2.30 bits per heavy atom. The van der Waals surface area contributed by atoms with Crippen molar-refractivity contribution >= 4 is 17.8 Å². The molecule has 0 aromatic carbocycles. The average Bonchev–Trinajstić information content (AvgIpc) is 2.42. The number of aliphatic hydroxyl groups is 1. The summed E-state index contributed by atoms with van der Waals surface area (Å²) in [5, 5.41) is 12.6. The highest BCUT2D eigenvalue weighted by Crippen LogP contribution is 2.27. The van der Waals surface area contributed by atoms with Crippen LogP contribution in [0.2, 0.25) is 0 Å². The number of hydrogen-bond donors (Lipinski definition) is 2. The Balaban J connectivity index is 1.88. The molecule has 2 fully saturated rings. The molecule has 1 heterocycles. The topological polar surface area (TPSA) is 95.9 Å².